The van der Waals surface area contributed by atoms with Crippen molar-refractivity contribution in [3.05, 3.63) is 0 Å². The number of nitrogens with two attached hydrogens (primary N) is 1. The van der Waals surface area contributed by atoms with E-state index in [0.29, 0.717) is 6.42 Å². The molecule has 4 N–H and O–H groups in total. The Kier molecular flexibility index (Phi) is 5.35. The largest absolute Gasteiger partial charge is 0.481 e. The first-order valence-corrected chi connectivity index (χ1v) is 6.99. The second-order valence-corrected chi connectivity index (χ2v) is 6.58. The van der Waals surface area contributed by atoms with Gasteiger partial charge in [0.15, 0.2) is 0 Å². The van der Waals surface area contributed by atoms with Gasteiger partial charge in [0.1, 0.15) is 0 Å². The molecule has 3 atom stereocenters. The molecule has 0 spiro atoms. The minimum Gasteiger partial charge on any atom is -0.481 e. The topological polar surface area (TPSA) is 92.4 Å². The number of amides is 1. The number of carbonyl (C=O) groups excluding carboxylic acids is 1. The zero-order chi connectivity index (χ0) is 14.6. The zero-order valence-electron chi connectivity index (χ0n) is 12.1. The summed E-state index contributed by atoms with van der Waals surface area (Å²) < 4.78 is 0. The van der Waals surface area contributed by atoms with Crippen molar-refractivity contribution in [2.24, 2.45) is 17.1 Å². The maximum absolute atomic E-state index is 12.0. The van der Waals surface area contributed by atoms with E-state index >= 15 is 0 Å². The number of rotatable bonds is 4. The summed E-state index contributed by atoms with van der Waals surface area (Å²) in [6, 6.07) is -0.467. The molecule has 5 heteroatoms. The summed E-state index contributed by atoms with van der Waals surface area (Å²) in [5.74, 6) is -1.41. The molecule has 1 saturated carbocycles. The van der Waals surface area contributed by atoms with E-state index in [-0.39, 0.29) is 29.8 Å². The summed E-state index contributed by atoms with van der Waals surface area (Å²) in [5.41, 5.74) is 5.85. The minimum absolute atomic E-state index is 0.129. The number of aliphatic carboxylic acids is 1. The second-order valence-electron chi connectivity index (χ2n) is 6.58. The van der Waals surface area contributed by atoms with Gasteiger partial charge in [0.25, 0.3) is 0 Å². The zero-order valence-corrected chi connectivity index (χ0v) is 12.1. The number of carboxylic acids is 1. The first kappa shape index (κ1) is 16.0. The van der Waals surface area contributed by atoms with E-state index in [0.717, 1.165) is 19.3 Å². The maximum atomic E-state index is 12.0. The molecule has 0 radical (unpaired) electrons. The Morgan fingerprint density at radius 1 is 1.32 bits per heavy atom. The summed E-state index contributed by atoms with van der Waals surface area (Å²) in [6.07, 6.45) is 3.52. The molecule has 110 valence electrons. The van der Waals surface area contributed by atoms with Crippen LogP contribution in [0.3, 0.4) is 0 Å². The molecule has 3 unspecified atom stereocenters. The van der Waals surface area contributed by atoms with Gasteiger partial charge >= 0.3 is 5.97 Å². The molecule has 1 aliphatic carbocycles. The SMILES string of the molecule is CC(C)(C)C(N)CC(=O)NC1CCCCC1C(=O)O. The second kappa shape index (κ2) is 6.37. The van der Waals surface area contributed by atoms with Gasteiger partial charge in [0.2, 0.25) is 5.91 Å². The molecule has 0 heterocycles. The normalized spacial score (nSPS) is 25.7. The third kappa shape index (κ3) is 4.82. The van der Waals surface area contributed by atoms with Crippen LogP contribution in [0.15, 0.2) is 0 Å². The van der Waals surface area contributed by atoms with E-state index < -0.39 is 11.9 Å². The number of nitrogens with one attached hydrogen (secondary N) is 1. The van der Waals surface area contributed by atoms with Crippen LogP contribution < -0.4 is 11.1 Å². The highest BCUT2D eigenvalue weighted by atomic mass is 16.4. The van der Waals surface area contributed by atoms with Crippen molar-refractivity contribution in [3.8, 4) is 0 Å². The standard InChI is InChI=1S/C14H26N2O3/c1-14(2,3)11(15)8-12(17)16-10-7-5-4-6-9(10)13(18)19/h9-11H,4-8,15H2,1-3H3,(H,16,17)(H,18,19). The molecule has 1 fully saturated rings. The van der Waals surface area contributed by atoms with Crippen LogP contribution in [0.2, 0.25) is 0 Å². The van der Waals surface area contributed by atoms with Crippen molar-refractivity contribution in [2.45, 2.75) is 65.0 Å². The number of hydrogen-bond donors (Lipinski definition) is 3. The Morgan fingerprint density at radius 3 is 2.42 bits per heavy atom. The first-order valence-electron chi connectivity index (χ1n) is 6.99. The molecule has 0 saturated heterocycles. The highest BCUT2D eigenvalue weighted by Crippen LogP contribution is 2.25. The minimum atomic E-state index is -0.815. The van der Waals surface area contributed by atoms with Crippen LogP contribution in [-0.4, -0.2) is 29.1 Å². The molecule has 0 aromatic rings. The number of carbonyl (C=O) groups is 2. The molecule has 1 amide bonds. The van der Waals surface area contributed by atoms with Crippen LogP contribution >= 0.6 is 0 Å². The molecule has 0 bridgehead atoms. The lowest BCUT2D eigenvalue weighted by Crippen LogP contribution is -2.47. The molecule has 19 heavy (non-hydrogen) atoms. The number of carboxylic acid groups (broad SMARTS) is 1. The van der Waals surface area contributed by atoms with Gasteiger partial charge in [0, 0.05) is 18.5 Å². The van der Waals surface area contributed by atoms with Crippen LogP contribution in [0.4, 0.5) is 0 Å². The van der Waals surface area contributed by atoms with E-state index in [2.05, 4.69) is 5.32 Å². The van der Waals surface area contributed by atoms with E-state index in [9.17, 15) is 9.59 Å². The molecule has 1 rings (SSSR count). The van der Waals surface area contributed by atoms with Gasteiger partial charge in [-0.3, -0.25) is 9.59 Å². The van der Waals surface area contributed by atoms with Crippen molar-refractivity contribution >= 4 is 11.9 Å². The molecule has 0 aromatic carbocycles. The van der Waals surface area contributed by atoms with Crippen molar-refractivity contribution in [1.82, 2.24) is 5.32 Å². The lowest BCUT2D eigenvalue weighted by atomic mass is 9.83. The van der Waals surface area contributed by atoms with Crippen molar-refractivity contribution in [1.29, 1.82) is 0 Å². The van der Waals surface area contributed by atoms with Crippen LogP contribution in [-0.2, 0) is 9.59 Å². The predicted molar refractivity (Wildman–Crippen MR) is 73.6 cm³/mol. The van der Waals surface area contributed by atoms with Crippen LogP contribution in [0, 0.1) is 11.3 Å². The molecular formula is C14H26N2O3. The summed E-state index contributed by atoms with van der Waals surface area (Å²) >= 11 is 0. The molecular weight excluding hydrogens is 244 g/mol. The van der Waals surface area contributed by atoms with E-state index in [1.807, 2.05) is 20.8 Å². The van der Waals surface area contributed by atoms with Crippen molar-refractivity contribution in [3.63, 3.8) is 0 Å². The molecule has 0 aromatic heterocycles. The smallest absolute Gasteiger partial charge is 0.308 e. The molecule has 1 aliphatic rings. The van der Waals surface area contributed by atoms with Gasteiger partial charge in [-0.1, -0.05) is 33.6 Å². The van der Waals surface area contributed by atoms with Gasteiger partial charge in [-0.05, 0) is 18.3 Å². The fourth-order valence-electron chi connectivity index (χ4n) is 2.37. The summed E-state index contributed by atoms with van der Waals surface area (Å²) in [4.78, 5) is 23.1. The average Bonchev–Trinajstić information content (AvgIpc) is 2.27. The van der Waals surface area contributed by atoms with Gasteiger partial charge in [-0.2, -0.15) is 0 Å². The summed E-state index contributed by atoms with van der Waals surface area (Å²) in [6.45, 7) is 5.98. The third-order valence-corrected chi connectivity index (χ3v) is 3.95. The Labute approximate surface area is 114 Å². The number of hydrogen-bond acceptors (Lipinski definition) is 3. The summed E-state index contributed by atoms with van der Waals surface area (Å²) in [7, 11) is 0. The lowest BCUT2D eigenvalue weighted by Gasteiger charge is -2.31. The van der Waals surface area contributed by atoms with Crippen LogP contribution in [0.25, 0.3) is 0 Å². The quantitative estimate of drug-likeness (QED) is 0.722. The van der Waals surface area contributed by atoms with Gasteiger partial charge in [-0.15, -0.1) is 0 Å². The Balaban J connectivity index is 2.53. The highest BCUT2D eigenvalue weighted by Gasteiger charge is 2.32. The molecule has 5 nitrogen and oxygen atoms in total. The van der Waals surface area contributed by atoms with Gasteiger partial charge < -0.3 is 16.2 Å². The van der Waals surface area contributed by atoms with Crippen molar-refractivity contribution < 1.29 is 14.7 Å². The lowest BCUT2D eigenvalue weighted by molar-refractivity contribution is -0.144. The van der Waals surface area contributed by atoms with E-state index in [1.165, 1.54) is 0 Å². The Hall–Kier alpha value is -1.10. The van der Waals surface area contributed by atoms with E-state index in [1.54, 1.807) is 0 Å². The third-order valence-electron chi connectivity index (χ3n) is 3.95. The van der Waals surface area contributed by atoms with Gasteiger partial charge in [0.05, 0.1) is 5.92 Å². The molecule has 0 aliphatic heterocycles. The van der Waals surface area contributed by atoms with Crippen molar-refractivity contribution in [2.75, 3.05) is 0 Å². The Morgan fingerprint density at radius 2 is 1.89 bits per heavy atom. The maximum Gasteiger partial charge on any atom is 0.308 e. The monoisotopic (exact) mass is 270 g/mol. The highest BCUT2D eigenvalue weighted by molar-refractivity contribution is 5.78. The van der Waals surface area contributed by atoms with Crippen LogP contribution in [0.1, 0.15) is 52.9 Å². The predicted octanol–water partition coefficient (Wildman–Crippen LogP) is 1.51. The fourth-order valence-corrected chi connectivity index (χ4v) is 2.37. The Bertz CT molecular complexity index is 336. The summed E-state index contributed by atoms with van der Waals surface area (Å²) in [5, 5.41) is 12.0. The van der Waals surface area contributed by atoms with E-state index in [4.69, 9.17) is 10.8 Å². The van der Waals surface area contributed by atoms with Crippen LogP contribution in [0.5, 0.6) is 0 Å². The first-order chi connectivity index (χ1) is 8.71. The average molecular weight is 270 g/mol. The fraction of sp³-hybridized carbons (Fsp3) is 0.857. The van der Waals surface area contributed by atoms with Gasteiger partial charge in [-0.25, -0.2) is 0 Å².